The first-order valence-electron chi connectivity index (χ1n) is 7.16. The predicted octanol–water partition coefficient (Wildman–Crippen LogP) is 3.24. The van der Waals surface area contributed by atoms with E-state index in [9.17, 15) is 0 Å². The topological polar surface area (TPSA) is 29.3 Å². The fraction of sp³-hybridized carbons (Fsp3) is 0.625. The zero-order valence-corrected chi connectivity index (χ0v) is 12.1. The lowest BCUT2D eigenvalue weighted by atomic mass is 9.92. The minimum atomic E-state index is 0.434. The van der Waals surface area contributed by atoms with Crippen molar-refractivity contribution < 1.29 is 0 Å². The second-order valence-electron chi connectivity index (χ2n) is 5.19. The Morgan fingerprint density at radius 1 is 1.17 bits per heavy atom. The van der Waals surface area contributed by atoms with E-state index in [0.29, 0.717) is 12.0 Å². The third kappa shape index (κ3) is 4.43. The van der Waals surface area contributed by atoms with Gasteiger partial charge in [-0.15, -0.1) is 0 Å². The first-order valence-corrected chi connectivity index (χ1v) is 7.16. The van der Waals surface area contributed by atoms with E-state index < -0.39 is 0 Å². The van der Waals surface area contributed by atoms with Crippen LogP contribution in [0.3, 0.4) is 0 Å². The molecule has 0 spiro atoms. The Morgan fingerprint density at radius 3 is 2.39 bits per heavy atom. The van der Waals surface area contributed by atoms with Crippen molar-refractivity contribution in [1.82, 2.24) is 4.90 Å². The minimum Gasteiger partial charge on any atom is -0.329 e. The average molecular weight is 248 g/mol. The number of hydrogen-bond donors (Lipinski definition) is 1. The molecule has 0 saturated heterocycles. The van der Waals surface area contributed by atoms with Crippen LogP contribution in [-0.2, 0) is 0 Å². The van der Waals surface area contributed by atoms with Crippen molar-refractivity contribution in [3.63, 3.8) is 0 Å². The first-order chi connectivity index (χ1) is 8.70. The predicted molar refractivity (Wildman–Crippen MR) is 79.9 cm³/mol. The third-order valence-corrected chi connectivity index (χ3v) is 3.82. The second kappa shape index (κ2) is 8.28. The van der Waals surface area contributed by atoms with E-state index in [4.69, 9.17) is 5.73 Å². The Kier molecular flexibility index (Phi) is 6.99. The molecule has 2 atom stereocenters. The highest BCUT2D eigenvalue weighted by Gasteiger charge is 2.21. The van der Waals surface area contributed by atoms with Crippen LogP contribution in [0.1, 0.15) is 44.6 Å². The van der Waals surface area contributed by atoms with Crippen LogP contribution in [0.2, 0.25) is 0 Å². The summed E-state index contributed by atoms with van der Waals surface area (Å²) in [4.78, 5) is 2.42. The average Bonchev–Trinajstić information content (AvgIpc) is 2.41. The van der Waals surface area contributed by atoms with Gasteiger partial charge in [0.05, 0.1) is 0 Å². The maximum atomic E-state index is 5.97. The lowest BCUT2D eigenvalue weighted by Gasteiger charge is -2.32. The fourth-order valence-corrected chi connectivity index (χ4v) is 2.52. The molecule has 1 aromatic rings. The number of hydrogen-bond acceptors (Lipinski definition) is 2. The first kappa shape index (κ1) is 15.2. The smallest absolute Gasteiger partial charge is 0.0281 e. The molecule has 0 aliphatic carbocycles. The summed E-state index contributed by atoms with van der Waals surface area (Å²) in [5.74, 6) is 0.489. The van der Waals surface area contributed by atoms with Gasteiger partial charge in [-0.1, -0.05) is 57.0 Å². The van der Waals surface area contributed by atoms with Gasteiger partial charge < -0.3 is 10.6 Å². The van der Waals surface area contributed by atoms with Crippen molar-refractivity contribution in [3.05, 3.63) is 35.9 Å². The van der Waals surface area contributed by atoms with E-state index in [-0.39, 0.29) is 0 Å². The molecule has 2 nitrogen and oxygen atoms in total. The zero-order valence-electron chi connectivity index (χ0n) is 12.1. The summed E-state index contributed by atoms with van der Waals surface area (Å²) in [7, 11) is 2.20. The number of rotatable bonds is 8. The van der Waals surface area contributed by atoms with Gasteiger partial charge in [0.25, 0.3) is 0 Å². The van der Waals surface area contributed by atoms with Gasteiger partial charge in [-0.05, 0) is 31.5 Å². The van der Waals surface area contributed by atoms with E-state index in [2.05, 4.69) is 56.1 Å². The highest BCUT2D eigenvalue weighted by molar-refractivity contribution is 5.20. The molecule has 2 heteroatoms. The summed E-state index contributed by atoms with van der Waals surface area (Å²) in [6.45, 7) is 6.39. The van der Waals surface area contributed by atoms with E-state index in [1.165, 1.54) is 24.8 Å². The van der Waals surface area contributed by atoms with Crippen LogP contribution in [0, 0.1) is 0 Å². The van der Waals surface area contributed by atoms with Crippen LogP contribution >= 0.6 is 0 Å². The third-order valence-electron chi connectivity index (χ3n) is 3.82. The summed E-state index contributed by atoms with van der Waals surface area (Å²) < 4.78 is 0. The lowest BCUT2D eigenvalue weighted by Crippen LogP contribution is -2.42. The largest absolute Gasteiger partial charge is 0.329 e. The SMILES string of the molecule is CCCCCN(C)C(CN)C(C)c1ccccc1. The van der Waals surface area contributed by atoms with Gasteiger partial charge in [0.2, 0.25) is 0 Å². The zero-order chi connectivity index (χ0) is 13.4. The molecule has 2 unspecified atom stereocenters. The van der Waals surface area contributed by atoms with Crippen LogP contribution in [0.25, 0.3) is 0 Å². The van der Waals surface area contributed by atoms with Crippen molar-refractivity contribution in [2.45, 2.75) is 45.1 Å². The molecule has 0 heterocycles. The second-order valence-corrected chi connectivity index (χ2v) is 5.19. The van der Waals surface area contributed by atoms with Gasteiger partial charge in [-0.2, -0.15) is 0 Å². The number of nitrogens with two attached hydrogens (primary N) is 1. The van der Waals surface area contributed by atoms with Crippen molar-refractivity contribution >= 4 is 0 Å². The monoisotopic (exact) mass is 248 g/mol. The molecule has 0 amide bonds. The summed E-state index contributed by atoms with van der Waals surface area (Å²) in [5, 5.41) is 0. The molecular weight excluding hydrogens is 220 g/mol. The van der Waals surface area contributed by atoms with Crippen molar-refractivity contribution in [1.29, 1.82) is 0 Å². The molecule has 0 saturated carbocycles. The molecule has 0 aromatic heterocycles. The molecule has 18 heavy (non-hydrogen) atoms. The normalized spacial score (nSPS) is 14.7. The summed E-state index contributed by atoms with van der Waals surface area (Å²) in [6, 6.07) is 11.1. The van der Waals surface area contributed by atoms with Crippen LogP contribution in [0.15, 0.2) is 30.3 Å². The van der Waals surface area contributed by atoms with Gasteiger partial charge in [0.15, 0.2) is 0 Å². The van der Waals surface area contributed by atoms with Crippen molar-refractivity contribution in [2.24, 2.45) is 5.73 Å². The van der Waals surface area contributed by atoms with Crippen LogP contribution in [-0.4, -0.2) is 31.1 Å². The van der Waals surface area contributed by atoms with Gasteiger partial charge in [-0.25, -0.2) is 0 Å². The van der Waals surface area contributed by atoms with Gasteiger partial charge in [0, 0.05) is 12.6 Å². The van der Waals surface area contributed by atoms with E-state index in [1.54, 1.807) is 0 Å². The molecule has 102 valence electrons. The quantitative estimate of drug-likeness (QED) is 0.716. The molecule has 0 fully saturated rings. The Balaban J connectivity index is 2.59. The van der Waals surface area contributed by atoms with Gasteiger partial charge >= 0.3 is 0 Å². The molecule has 2 N–H and O–H groups in total. The lowest BCUT2D eigenvalue weighted by molar-refractivity contribution is 0.217. The molecular formula is C16H28N2. The van der Waals surface area contributed by atoms with Crippen LogP contribution < -0.4 is 5.73 Å². The van der Waals surface area contributed by atoms with Crippen molar-refractivity contribution in [3.8, 4) is 0 Å². The maximum Gasteiger partial charge on any atom is 0.0281 e. The Morgan fingerprint density at radius 2 is 1.83 bits per heavy atom. The van der Waals surface area contributed by atoms with E-state index in [0.717, 1.165) is 13.1 Å². The molecule has 0 radical (unpaired) electrons. The van der Waals surface area contributed by atoms with Crippen LogP contribution in [0.5, 0.6) is 0 Å². The van der Waals surface area contributed by atoms with Gasteiger partial charge in [0.1, 0.15) is 0 Å². The van der Waals surface area contributed by atoms with Gasteiger partial charge in [-0.3, -0.25) is 0 Å². The molecule has 1 rings (SSSR count). The Hall–Kier alpha value is -0.860. The molecule has 1 aromatic carbocycles. The van der Waals surface area contributed by atoms with E-state index in [1.807, 2.05) is 0 Å². The Labute approximate surface area is 112 Å². The number of unbranched alkanes of at least 4 members (excludes halogenated alkanes) is 2. The minimum absolute atomic E-state index is 0.434. The number of benzene rings is 1. The highest BCUT2D eigenvalue weighted by atomic mass is 15.1. The maximum absolute atomic E-state index is 5.97. The number of nitrogens with zero attached hydrogens (tertiary/aromatic N) is 1. The molecule has 0 aliphatic rings. The fourth-order valence-electron chi connectivity index (χ4n) is 2.52. The van der Waals surface area contributed by atoms with Crippen LogP contribution in [0.4, 0.5) is 0 Å². The van der Waals surface area contributed by atoms with Crippen molar-refractivity contribution in [2.75, 3.05) is 20.1 Å². The highest BCUT2D eigenvalue weighted by Crippen LogP contribution is 2.22. The standard InChI is InChI=1S/C16H28N2/c1-4-5-9-12-18(3)16(13-17)14(2)15-10-7-6-8-11-15/h6-8,10-11,14,16H,4-5,9,12-13,17H2,1-3H3. The summed E-state index contributed by atoms with van der Waals surface area (Å²) in [5.41, 5.74) is 7.36. The summed E-state index contributed by atoms with van der Waals surface area (Å²) >= 11 is 0. The number of likely N-dealkylation sites (N-methyl/N-ethyl adjacent to an activating group) is 1. The summed E-state index contributed by atoms with van der Waals surface area (Å²) in [6.07, 6.45) is 3.85. The molecule has 0 aliphatic heterocycles. The van der Waals surface area contributed by atoms with E-state index >= 15 is 0 Å². The molecule has 0 bridgehead atoms. The Bertz CT molecular complexity index is 310.